The van der Waals surface area contributed by atoms with Gasteiger partial charge in [-0.3, -0.25) is 4.79 Å². The van der Waals surface area contributed by atoms with Crippen molar-refractivity contribution in [3.05, 3.63) is 0 Å². The first-order valence-electron chi connectivity index (χ1n) is 11.7. The van der Waals surface area contributed by atoms with Crippen LogP contribution in [0.1, 0.15) is 70.6 Å². The Hall–Kier alpha value is -0.690. The highest BCUT2D eigenvalue weighted by molar-refractivity contribution is 5.81. The Kier molecular flexibility index (Phi) is 4.31. The van der Waals surface area contributed by atoms with E-state index in [1.54, 1.807) is 0 Å². The molecule has 5 aliphatic carbocycles. The molecule has 2 spiro atoms. The van der Waals surface area contributed by atoms with Gasteiger partial charge < -0.3 is 15.4 Å². The highest BCUT2D eigenvalue weighted by Crippen LogP contribution is 2.63. The van der Waals surface area contributed by atoms with E-state index in [1.165, 1.54) is 32.1 Å². The molecule has 1 atom stereocenters. The Morgan fingerprint density at radius 2 is 1.68 bits per heavy atom. The molecule has 0 aromatic rings. The second-order valence-electron chi connectivity index (χ2n) is 10.5. The largest absolute Gasteiger partial charge is 0.354 e. The fourth-order valence-corrected chi connectivity index (χ4v) is 7.39. The molecule has 6 nitrogen and oxygen atoms in total. The molecule has 28 heavy (non-hydrogen) atoms. The van der Waals surface area contributed by atoms with Crippen LogP contribution in [0.3, 0.4) is 0 Å². The third kappa shape index (κ3) is 2.86. The Morgan fingerprint density at radius 1 is 0.964 bits per heavy atom. The standard InChI is InChI=1S/C22H34N2O4/c25-20(19-2-1-7-23-19)24-13-14-3-5-21(6-4-14)26-22(28-27-21)17-9-15-8-16(11-17)12-18(22)10-15/h14-19,23H,1-13H2,(H,24,25)/t14?,15?,16?,17?,18?,19-,21?,22?/m0/s1. The Labute approximate surface area is 167 Å². The minimum Gasteiger partial charge on any atom is -0.354 e. The number of rotatable bonds is 3. The second kappa shape index (κ2) is 6.66. The highest BCUT2D eigenvalue weighted by Gasteiger charge is 2.66. The first kappa shape index (κ1) is 18.1. The predicted molar refractivity (Wildman–Crippen MR) is 102 cm³/mol. The van der Waals surface area contributed by atoms with E-state index in [4.69, 9.17) is 14.5 Å². The summed E-state index contributed by atoms with van der Waals surface area (Å²) in [7, 11) is 0. The number of hydrogen-bond acceptors (Lipinski definition) is 5. The maximum atomic E-state index is 12.2. The SMILES string of the molecule is O=C(NCC1CCC2(CC1)OOC1(O2)C2CC3CC(C2)CC1C3)[C@@H]1CCCN1. The normalized spacial score (nSPS) is 52.0. The van der Waals surface area contributed by atoms with Crippen LogP contribution in [0.25, 0.3) is 0 Å². The molecule has 0 aromatic carbocycles. The second-order valence-corrected chi connectivity index (χ2v) is 10.5. The minimum absolute atomic E-state index is 0.0154. The van der Waals surface area contributed by atoms with E-state index in [-0.39, 0.29) is 11.9 Å². The van der Waals surface area contributed by atoms with Crippen molar-refractivity contribution >= 4 is 5.91 Å². The van der Waals surface area contributed by atoms with Gasteiger partial charge in [-0.2, -0.15) is 9.78 Å². The molecule has 7 aliphatic rings. The van der Waals surface area contributed by atoms with E-state index in [0.29, 0.717) is 17.8 Å². The van der Waals surface area contributed by atoms with Gasteiger partial charge in [0.05, 0.1) is 6.04 Å². The number of nitrogens with one attached hydrogen (secondary N) is 2. The number of hydrogen-bond donors (Lipinski definition) is 2. The van der Waals surface area contributed by atoms with Crippen LogP contribution < -0.4 is 10.6 Å². The van der Waals surface area contributed by atoms with Crippen LogP contribution >= 0.6 is 0 Å². The Bertz CT molecular complexity index is 596. The molecule has 5 saturated carbocycles. The monoisotopic (exact) mass is 390 g/mol. The zero-order valence-corrected chi connectivity index (χ0v) is 16.8. The van der Waals surface area contributed by atoms with Crippen LogP contribution in [0.2, 0.25) is 0 Å². The smallest absolute Gasteiger partial charge is 0.237 e. The van der Waals surface area contributed by atoms with Crippen molar-refractivity contribution in [3.8, 4) is 0 Å². The molecule has 7 fully saturated rings. The summed E-state index contributed by atoms with van der Waals surface area (Å²) < 4.78 is 6.77. The molecule has 6 heteroatoms. The maximum absolute atomic E-state index is 12.2. The molecule has 0 radical (unpaired) electrons. The lowest BCUT2D eigenvalue weighted by molar-refractivity contribution is -0.390. The number of amides is 1. The molecule has 2 heterocycles. The quantitative estimate of drug-likeness (QED) is 0.726. The van der Waals surface area contributed by atoms with Crippen LogP contribution in [0.5, 0.6) is 0 Å². The van der Waals surface area contributed by atoms with Crippen LogP contribution in [-0.4, -0.2) is 36.6 Å². The van der Waals surface area contributed by atoms with Gasteiger partial charge in [-0.15, -0.1) is 0 Å². The molecule has 2 aliphatic heterocycles. The summed E-state index contributed by atoms with van der Waals surface area (Å²) in [6.07, 6.45) is 12.3. The lowest BCUT2D eigenvalue weighted by atomic mass is 9.53. The summed E-state index contributed by atoms with van der Waals surface area (Å²) in [4.78, 5) is 24.3. The number of carbonyl (C=O) groups excluding carboxylic acids is 1. The Morgan fingerprint density at radius 3 is 2.32 bits per heavy atom. The van der Waals surface area contributed by atoms with E-state index in [0.717, 1.165) is 63.5 Å². The molecule has 1 amide bonds. The predicted octanol–water partition coefficient (Wildman–Crippen LogP) is 2.87. The van der Waals surface area contributed by atoms with Crippen molar-refractivity contribution < 1.29 is 19.3 Å². The first-order valence-corrected chi connectivity index (χ1v) is 11.7. The summed E-state index contributed by atoms with van der Waals surface area (Å²) >= 11 is 0. The lowest BCUT2D eigenvalue weighted by Gasteiger charge is -2.57. The molecular weight excluding hydrogens is 356 g/mol. The fraction of sp³-hybridized carbons (Fsp3) is 0.955. The van der Waals surface area contributed by atoms with Crippen molar-refractivity contribution in [2.24, 2.45) is 29.6 Å². The summed E-state index contributed by atoms with van der Waals surface area (Å²) in [5.41, 5.74) is 0. The van der Waals surface area contributed by atoms with Crippen molar-refractivity contribution in [3.63, 3.8) is 0 Å². The molecule has 0 unspecified atom stereocenters. The lowest BCUT2D eigenvalue weighted by Crippen LogP contribution is -2.59. The third-order valence-electron chi connectivity index (χ3n) is 8.75. The van der Waals surface area contributed by atoms with Crippen molar-refractivity contribution in [1.82, 2.24) is 10.6 Å². The zero-order valence-electron chi connectivity index (χ0n) is 16.8. The molecule has 2 saturated heterocycles. The van der Waals surface area contributed by atoms with Gasteiger partial charge in [0.15, 0.2) is 0 Å². The summed E-state index contributed by atoms with van der Waals surface area (Å²) in [5, 5.41) is 6.43. The molecular formula is C22H34N2O4. The van der Waals surface area contributed by atoms with Crippen molar-refractivity contribution in [1.29, 1.82) is 0 Å². The van der Waals surface area contributed by atoms with Gasteiger partial charge in [0.1, 0.15) is 0 Å². The number of ether oxygens (including phenoxy) is 1. The molecule has 7 rings (SSSR count). The van der Waals surface area contributed by atoms with E-state index >= 15 is 0 Å². The van der Waals surface area contributed by atoms with Crippen LogP contribution in [-0.2, 0) is 19.3 Å². The van der Waals surface area contributed by atoms with Gasteiger partial charge >= 0.3 is 0 Å². The molecule has 156 valence electrons. The first-order chi connectivity index (χ1) is 13.6. The van der Waals surface area contributed by atoms with Gasteiger partial charge in [-0.05, 0) is 82.1 Å². The zero-order chi connectivity index (χ0) is 18.8. The average molecular weight is 391 g/mol. The summed E-state index contributed by atoms with van der Waals surface area (Å²) in [6.45, 7) is 1.73. The van der Waals surface area contributed by atoms with E-state index in [1.807, 2.05) is 0 Å². The van der Waals surface area contributed by atoms with E-state index in [9.17, 15) is 4.79 Å². The highest BCUT2D eigenvalue weighted by atomic mass is 17.3. The maximum Gasteiger partial charge on any atom is 0.237 e. The van der Waals surface area contributed by atoms with Gasteiger partial charge in [0.2, 0.25) is 17.5 Å². The molecule has 2 N–H and O–H groups in total. The van der Waals surface area contributed by atoms with E-state index < -0.39 is 11.6 Å². The van der Waals surface area contributed by atoms with Gasteiger partial charge in [0.25, 0.3) is 0 Å². The van der Waals surface area contributed by atoms with Gasteiger partial charge in [-0.1, -0.05) is 0 Å². The third-order valence-corrected chi connectivity index (χ3v) is 8.75. The van der Waals surface area contributed by atoms with E-state index in [2.05, 4.69) is 10.6 Å². The van der Waals surface area contributed by atoms with Gasteiger partial charge in [0, 0.05) is 31.2 Å². The Balaban J connectivity index is 1.05. The van der Waals surface area contributed by atoms with Crippen molar-refractivity contribution in [2.45, 2.75) is 88.2 Å². The van der Waals surface area contributed by atoms with Crippen LogP contribution in [0.4, 0.5) is 0 Å². The van der Waals surface area contributed by atoms with Crippen LogP contribution in [0.15, 0.2) is 0 Å². The summed E-state index contributed by atoms with van der Waals surface area (Å²) in [6, 6.07) is 0.0154. The molecule has 4 bridgehead atoms. The van der Waals surface area contributed by atoms with Crippen LogP contribution in [0, 0.1) is 29.6 Å². The minimum atomic E-state index is -0.539. The summed E-state index contributed by atoms with van der Waals surface area (Å²) in [5.74, 6) is 2.53. The topological polar surface area (TPSA) is 68.8 Å². The van der Waals surface area contributed by atoms with Crippen molar-refractivity contribution in [2.75, 3.05) is 13.1 Å². The molecule has 0 aromatic heterocycles. The number of carbonyl (C=O) groups is 1. The fourth-order valence-electron chi connectivity index (χ4n) is 7.39. The van der Waals surface area contributed by atoms with Gasteiger partial charge in [-0.25, -0.2) is 0 Å². The average Bonchev–Trinajstić information content (AvgIpc) is 3.35.